The summed E-state index contributed by atoms with van der Waals surface area (Å²) in [4.78, 5) is 11.9. The SMILES string of the molecule is CCCCCC(CC)C(=O)NCCOCCOC. The fourth-order valence-corrected chi connectivity index (χ4v) is 1.80. The summed E-state index contributed by atoms with van der Waals surface area (Å²) in [6.07, 6.45) is 5.48. The van der Waals surface area contributed by atoms with Crippen molar-refractivity contribution in [2.75, 3.05) is 33.5 Å². The lowest BCUT2D eigenvalue weighted by Crippen LogP contribution is -2.33. The molecule has 0 aromatic heterocycles. The van der Waals surface area contributed by atoms with E-state index in [1.807, 2.05) is 0 Å². The Balaban J connectivity index is 3.57. The second-order valence-corrected chi connectivity index (χ2v) is 4.50. The normalized spacial score (nSPS) is 12.4. The second kappa shape index (κ2) is 12.8. The zero-order chi connectivity index (χ0) is 13.6. The van der Waals surface area contributed by atoms with E-state index < -0.39 is 0 Å². The van der Waals surface area contributed by atoms with Crippen LogP contribution in [0.2, 0.25) is 0 Å². The van der Waals surface area contributed by atoms with Crippen LogP contribution >= 0.6 is 0 Å². The summed E-state index contributed by atoms with van der Waals surface area (Å²) < 4.78 is 10.2. The minimum atomic E-state index is 0.163. The van der Waals surface area contributed by atoms with Gasteiger partial charge in [-0.1, -0.05) is 33.1 Å². The van der Waals surface area contributed by atoms with Crippen molar-refractivity contribution in [2.24, 2.45) is 5.92 Å². The first-order chi connectivity index (χ1) is 8.76. The Bertz CT molecular complexity index is 197. The van der Waals surface area contributed by atoms with Crippen molar-refractivity contribution in [1.29, 1.82) is 0 Å². The standard InChI is InChI=1S/C14H29NO3/c1-4-6-7-8-13(5-2)14(16)15-9-10-18-12-11-17-3/h13H,4-12H2,1-3H3,(H,15,16). The minimum Gasteiger partial charge on any atom is -0.382 e. The molecule has 0 aliphatic heterocycles. The molecular weight excluding hydrogens is 230 g/mol. The predicted molar refractivity (Wildman–Crippen MR) is 73.6 cm³/mol. The van der Waals surface area contributed by atoms with Gasteiger partial charge in [-0.05, 0) is 12.8 Å². The van der Waals surface area contributed by atoms with Gasteiger partial charge in [-0.25, -0.2) is 0 Å². The van der Waals surface area contributed by atoms with Crippen molar-refractivity contribution in [2.45, 2.75) is 46.0 Å². The number of carbonyl (C=O) groups is 1. The maximum atomic E-state index is 11.9. The lowest BCUT2D eigenvalue weighted by atomic mass is 9.98. The Labute approximate surface area is 111 Å². The molecule has 0 bridgehead atoms. The Kier molecular flexibility index (Phi) is 12.4. The van der Waals surface area contributed by atoms with Crippen molar-refractivity contribution >= 4 is 5.91 Å². The number of methoxy groups -OCH3 is 1. The molecule has 0 aromatic rings. The van der Waals surface area contributed by atoms with Gasteiger partial charge in [0.05, 0.1) is 19.8 Å². The number of rotatable bonds is 12. The van der Waals surface area contributed by atoms with E-state index in [2.05, 4.69) is 19.2 Å². The number of amides is 1. The maximum Gasteiger partial charge on any atom is 0.223 e. The molecule has 0 heterocycles. The number of hydrogen-bond acceptors (Lipinski definition) is 3. The van der Waals surface area contributed by atoms with Crippen molar-refractivity contribution < 1.29 is 14.3 Å². The van der Waals surface area contributed by atoms with Crippen LogP contribution in [0.3, 0.4) is 0 Å². The second-order valence-electron chi connectivity index (χ2n) is 4.50. The molecule has 0 fully saturated rings. The van der Waals surface area contributed by atoms with Crippen LogP contribution in [-0.2, 0) is 14.3 Å². The van der Waals surface area contributed by atoms with E-state index in [4.69, 9.17) is 9.47 Å². The number of ether oxygens (including phenoxy) is 2. The monoisotopic (exact) mass is 259 g/mol. The van der Waals surface area contributed by atoms with Gasteiger partial charge >= 0.3 is 0 Å². The highest BCUT2D eigenvalue weighted by molar-refractivity contribution is 5.78. The third-order valence-corrected chi connectivity index (χ3v) is 3.00. The van der Waals surface area contributed by atoms with Crippen molar-refractivity contribution in [1.82, 2.24) is 5.32 Å². The highest BCUT2D eigenvalue weighted by Crippen LogP contribution is 2.13. The summed E-state index contributed by atoms with van der Waals surface area (Å²) in [5, 5.41) is 2.93. The van der Waals surface area contributed by atoms with E-state index in [0.29, 0.717) is 26.4 Å². The lowest BCUT2D eigenvalue weighted by molar-refractivity contribution is -0.125. The zero-order valence-electron chi connectivity index (χ0n) is 12.2. The van der Waals surface area contributed by atoms with Crippen LogP contribution in [0, 0.1) is 5.92 Å². The van der Waals surface area contributed by atoms with Gasteiger partial charge in [0.15, 0.2) is 0 Å². The van der Waals surface area contributed by atoms with Crippen LogP contribution in [0.1, 0.15) is 46.0 Å². The summed E-state index contributed by atoms with van der Waals surface area (Å²) in [7, 11) is 1.65. The Morgan fingerprint density at radius 3 is 2.56 bits per heavy atom. The Morgan fingerprint density at radius 1 is 1.17 bits per heavy atom. The maximum absolute atomic E-state index is 11.9. The van der Waals surface area contributed by atoms with E-state index in [-0.39, 0.29) is 11.8 Å². The van der Waals surface area contributed by atoms with Gasteiger partial charge in [0.2, 0.25) is 5.91 Å². The summed E-state index contributed by atoms with van der Waals surface area (Å²) in [5.74, 6) is 0.333. The highest BCUT2D eigenvalue weighted by atomic mass is 16.5. The molecule has 108 valence electrons. The predicted octanol–water partition coefficient (Wildman–Crippen LogP) is 2.37. The molecule has 0 saturated carbocycles. The molecule has 1 amide bonds. The molecular formula is C14H29NO3. The third kappa shape index (κ3) is 9.42. The lowest BCUT2D eigenvalue weighted by Gasteiger charge is -2.14. The van der Waals surface area contributed by atoms with Gasteiger partial charge in [-0.3, -0.25) is 4.79 Å². The van der Waals surface area contributed by atoms with Crippen LogP contribution in [0.4, 0.5) is 0 Å². The molecule has 0 aliphatic rings. The van der Waals surface area contributed by atoms with Gasteiger partial charge < -0.3 is 14.8 Å². The number of carbonyl (C=O) groups excluding carboxylic acids is 1. The van der Waals surface area contributed by atoms with Crippen molar-refractivity contribution in [3.8, 4) is 0 Å². The van der Waals surface area contributed by atoms with E-state index >= 15 is 0 Å². The fraction of sp³-hybridized carbons (Fsp3) is 0.929. The average Bonchev–Trinajstić information content (AvgIpc) is 2.38. The number of hydrogen-bond donors (Lipinski definition) is 1. The molecule has 1 unspecified atom stereocenters. The molecule has 18 heavy (non-hydrogen) atoms. The summed E-state index contributed by atoms with van der Waals surface area (Å²) >= 11 is 0. The first-order valence-electron chi connectivity index (χ1n) is 7.10. The first kappa shape index (κ1) is 17.4. The molecule has 4 nitrogen and oxygen atoms in total. The molecule has 0 radical (unpaired) electrons. The molecule has 0 spiro atoms. The van der Waals surface area contributed by atoms with Crippen LogP contribution in [0.15, 0.2) is 0 Å². The smallest absolute Gasteiger partial charge is 0.223 e. The van der Waals surface area contributed by atoms with E-state index in [9.17, 15) is 4.79 Å². The van der Waals surface area contributed by atoms with E-state index in [1.54, 1.807) is 7.11 Å². The molecule has 0 saturated heterocycles. The molecule has 1 N–H and O–H groups in total. The average molecular weight is 259 g/mol. The highest BCUT2D eigenvalue weighted by Gasteiger charge is 2.14. The van der Waals surface area contributed by atoms with Crippen LogP contribution in [0.5, 0.6) is 0 Å². The van der Waals surface area contributed by atoms with Gasteiger partial charge in [0.1, 0.15) is 0 Å². The van der Waals surface area contributed by atoms with Gasteiger partial charge in [0.25, 0.3) is 0 Å². The van der Waals surface area contributed by atoms with Crippen molar-refractivity contribution in [3.05, 3.63) is 0 Å². The Morgan fingerprint density at radius 2 is 1.94 bits per heavy atom. The van der Waals surface area contributed by atoms with Crippen LogP contribution in [-0.4, -0.2) is 39.4 Å². The summed E-state index contributed by atoms with van der Waals surface area (Å²) in [5.41, 5.74) is 0. The fourth-order valence-electron chi connectivity index (χ4n) is 1.80. The molecule has 1 atom stereocenters. The zero-order valence-corrected chi connectivity index (χ0v) is 12.2. The first-order valence-corrected chi connectivity index (χ1v) is 7.10. The molecule has 0 aromatic carbocycles. The Hall–Kier alpha value is -0.610. The van der Waals surface area contributed by atoms with Crippen LogP contribution in [0.25, 0.3) is 0 Å². The van der Waals surface area contributed by atoms with Crippen molar-refractivity contribution in [3.63, 3.8) is 0 Å². The molecule has 0 rings (SSSR count). The summed E-state index contributed by atoms with van der Waals surface area (Å²) in [6, 6.07) is 0. The number of nitrogens with one attached hydrogen (secondary N) is 1. The van der Waals surface area contributed by atoms with Crippen LogP contribution < -0.4 is 5.32 Å². The molecule has 0 aliphatic carbocycles. The third-order valence-electron chi connectivity index (χ3n) is 3.00. The molecule has 4 heteroatoms. The van der Waals surface area contributed by atoms with Gasteiger partial charge in [0, 0.05) is 19.6 Å². The minimum absolute atomic E-state index is 0.163. The topological polar surface area (TPSA) is 47.6 Å². The quantitative estimate of drug-likeness (QED) is 0.547. The largest absolute Gasteiger partial charge is 0.382 e. The van der Waals surface area contributed by atoms with E-state index in [1.165, 1.54) is 12.8 Å². The van der Waals surface area contributed by atoms with Gasteiger partial charge in [-0.15, -0.1) is 0 Å². The van der Waals surface area contributed by atoms with Gasteiger partial charge in [-0.2, -0.15) is 0 Å². The summed E-state index contributed by atoms with van der Waals surface area (Å²) in [6.45, 7) is 6.58. The van der Waals surface area contributed by atoms with E-state index in [0.717, 1.165) is 19.3 Å². The number of unbranched alkanes of at least 4 members (excludes halogenated alkanes) is 2.